The largest absolute Gasteiger partial charge is 0.451 e. The maximum atomic E-state index is 12.3. The van der Waals surface area contributed by atoms with E-state index in [4.69, 9.17) is 23.2 Å². The highest BCUT2D eigenvalue weighted by atomic mass is 35.5. The standard InChI is InChI=1S/C12H8Cl2F3N3.ClH/c13-9-2-1-8(3-10(9)14)18-4-7-5-19-11(20-6-7)12(15,16)17;/h1-3,5-6,18H,4H2;1H. The van der Waals surface area contributed by atoms with Gasteiger partial charge >= 0.3 is 6.18 Å². The number of aromatic nitrogens is 2. The molecule has 0 saturated carbocycles. The molecule has 2 rings (SSSR count). The van der Waals surface area contributed by atoms with Gasteiger partial charge in [-0.25, -0.2) is 9.97 Å². The number of anilines is 1. The predicted molar refractivity (Wildman–Crippen MR) is 78.1 cm³/mol. The lowest BCUT2D eigenvalue weighted by molar-refractivity contribution is -0.145. The summed E-state index contributed by atoms with van der Waals surface area (Å²) in [7, 11) is 0. The Kier molecular flexibility index (Phi) is 6.07. The van der Waals surface area contributed by atoms with Gasteiger partial charge in [-0.2, -0.15) is 13.2 Å². The maximum Gasteiger partial charge on any atom is 0.451 e. The predicted octanol–water partition coefficient (Wildman–Crippen LogP) is 4.84. The van der Waals surface area contributed by atoms with Crippen LogP contribution in [0.15, 0.2) is 30.6 Å². The average Bonchev–Trinajstić information content (AvgIpc) is 2.40. The van der Waals surface area contributed by atoms with Crippen LogP contribution in [0, 0.1) is 0 Å². The quantitative estimate of drug-likeness (QED) is 0.853. The SMILES string of the molecule is Cl.FC(F)(F)c1ncc(CNc2ccc(Cl)c(Cl)c2)cn1. The summed E-state index contributed by atoms with van der Waals surface area (Å²) < 4.78 is 36.9. The molecule has 21 heavy (non-hydrogen) atoms. The number of hydrogen-bond donors (Lipinski definition) is 1. The highest BCUT2D eigenvalue weighted by Gasteiger charge is 2.34. The first-order valence-corrected chi connectivity index (χ1v) is 6.19. The van der Waals surface area contributed by atoms with Gasteiger partial charge in [0.15, 0.2) is 0 Å². The molecule has 1 heterocycles. The minimum absolute atomic E-state index is 0. The van der Waals surface area contributed by atoms with Crippen molar-refractivity contribution in [1.29, 1.82) is 0 Å². The van der Waals surface area contributed by atoms with Crippen LogP contribution < -0.4 is 5.32 Å². The zero-order valence-electron chi connectivity index (χ0n) is 10.3. The van der Waals surface area contributed by atoms with Crippen molar-refractivity contribution in [3.05, 3.63) is 52.0 Å². The molecule has 0 fully saturated rings. The molecule has 0 radical (unpaired) electrons. The highest BCUT2D eigenvalue weighted by molar-refractivity contribution is 6.42. The van der Waals surface area contributed by atoms with Crippen molar-refractivity contribution < 1.29 is 13.2 Å². The van der Waals surface area contributed by atoms with E-state index in [1.807, 2.05) is 0 Å². The molecular formula is C12H9Cl3F3N3. The van der Waals surface area contributed by atoms with Gasteiger partial charge < -0.3 is 5.32 Å². The fourth-order valence-corrected chi connectivity index (χ4v) is 1.70. The second-order valence-electron chi connectivity index (χ2n) is 3.90. The van der Waals surface area contributed by atoms with E-state index < -0.39 is 12.0 Å². The molecule has 9 heteroatoms. The fraction of sp³-hybridized carbons (Fsp3) is 0.167. The Bertz CT molecular complexity index is 603. The first kappa shape index (κ1) is 17.8. The fourth-order valence-electron chi connectivity index (χ4n) is 1.40. The number of benzene rings is 1. The van der Waals surface area contributed by atoms with Crippen LogP contribution in [0.25, 0.3) is 0 Å². The minimum Gasteiger partial charge on any atom is -0.381 e. The van der Waals surface area contributed by atoms with Gasteiger partial charge in [0.25, 0.3) is 0 Å². The summed E-state index contributed by atoms with van der Waals surface area (Å²) in [6.45, 7) is 0.274. The van der Waals surface area contributed by atoms with Crippen molar-refractivity contribution in [3.63, 3.8) is 0 Å². The summed E-state index contributed by atoms with van der Waals surface area (Å²) in [5.74, 6) is -1.16. The average molecular weight is 359 g/mol. The van der Waals surface area contributed by atoms with Crippen LogP contribution in [0.2, 0.25) is 10.0 Å². The van der Waals surface area contributed by atoms with Crippen LogP contribution in [0.1, 0.15) is 11.4 Å². The summed E-state index contributed by atoms with van der Waals surface area (Å²) in [4.78, 5) is 6.54. The topological polar surface area (TPSA) is 37.8 Å². The summed E-state index contributed by atoms with van der Waals surface area (Å²) in [5, 5.41) is 3.80. The number of nitrogens with zero attached hydrogens (tertiary/aromatic N) is 2. The Labute approximate surface area is 134 Å². The molecular weight excluding hydrogens is 350 g/mol. The van der Waals surface area contributed by atoms with E-state index >= 15 is 0 Å². The Morgan fingerprint density at radius 3 is 2.19 bits per heavy atom. The van der Waals surface area contributed by atoms with Gasteiger partial charge in [0.1, 0.15) is 0 Å². The molecule has 0 aliphatic heterocycles. The molecule has 0 atom stereocenters. The van der Waals surface area contributed by atoms with Gasteiger partial charge in [-0.15, -0.1) is 12.4 Å². The lowest BCUT2D eigenvalue weighted by atomic mass is 10.3. The number of halogens is 6. The van der Waals surface area contributed by atoms with E-state index in [0.29, 0.717) is 21.3 Å². The van der Waals surface area contributed by atoms with Crippen LogP contribution in [-0.4, -0.2) is 9.97 Å². The molecule has 0 spiro atoms. The van der Waals surface area contributed by atoms with Crippen molar-refractivity contribution in [2.45, 2.75) is 12.7 Å². The number of nitrogens with one attached hydrogen (secondary N) is 1. The Morgan fingerprint density at radius 2 is 1.67 bits per heavy atom. The minimum atomic E-state index is -4.53. The molecule has 3 nitrogen and oxygen atoms in total. The Morgan fingerprint density at radius 1 is 1.05 bits per heavy atom. The van der Waals surface area contributed by atoms with Crippen molar-refractivity contribution in [1.82, 2.24) is 9.97 Å². The van der Waals surface area contributed by atoms with Crippen LogP contribution >= 0.6 is 35.6 Å². The van der Waals surface area contributed by atoms with E-state index in [-0.39, 0.29) is 19.0 Å². The zero-order valence-corrected chi connectivity index (χ0v) is 12.6. The molecule has 1 aromatic carbocycles. The lowest BCUT2D eigenvalue weighted by Gasteiger charge is -2.08. The molecule has 2 aromatic rings. The van der Waals surface area contributed by atoms with E-state index in [2.05, 4.69) is 15.3 Å². The van der Waals surface area contributed by atoms with E-state index in [1.165, 1.54) is 0 Å². The zero-order chi connectivity index (χ0) is 14.8. The van der Waals surface area contributed by atoms with E-state index in [1.54, 1.807) is 18.2 Å². The van der Waals surface area contributed by atoms with Gasteiger partial charge in [-0.1, -0.05) is 23.2 Å². The van der Waals surface area contributed by atoms with Crippen molar-refractivity contribution in [2.24, 2.45) is 0 Å². The summed E-state index contributed by atoms with van der Waals surface area (Å²) in [5.41, 5.74) is 1.21. The molecule has 0 unspecified atom stereocenters. The van der Waals surface area contributed by atoms with Gasteiger partial charge in [0.05, 0.1) is 10.0 Å². The molecule has 0 aliphatic rings. The third-order valence-electron chi connectivity index (χ3n) is 2.38. The summed E-state index contributed by atoms with van der Waals surface area (Å²) in [6.07, 6.45) is -2.28. The monoisotopic (exact) mass is 357 g/mol. The Hall–Kier alpha value is -1.24. The number of alkyl halides is 3. The normalized spacial score (nSPS) is 10.9. The molecule has 1 N–H and O–H groups in total. The van der Waals surface area contributed by atoms with Crippen LogP contribution in [0.5, 0.6) is 0 Å². The molecule has 0 aliphatic carbocycles. The van der Waals surface area contributed by atoms with Crippen molar-refractivity contribution >= 4 is 41.3 Å². The molecule has 0 amide bonds. The number of rotatable bonds is 3. The van der Waals surface area contributed by atoms with Gasteiger partial charge in [-0.05, 0) is 18.2 Å². The van der Waals surface area contributed by atoms with Gasteiger partial charge in [-0.3, -0.25) is 0 Å². The smallest absolute Gasteiger partial charge is 0.381 e. The maximum absolute atomic E-state index is 12.3. The third-order valence-corrected chi connectivity index (χ3v) is 3.11. The Balaban J connectivity index is 0.00000220. The van der Waals surface area contributed by atoms with Gasteiger partial charge in [0.2, 0.25) is 5.82 Å². The second-order valence-corrected chi connectivity index (χ2v) is 4.71. The first-order valence-electron chi connectivity index (χ1n) is 5.43. The van der Waals surface area contributed by atoms with Crippen molar-refractivity contribution in [2.75, 3.05) is 5.32 Å². The second kappa shape index (κ2) is 7.15. The van der Waals surface area contributed by atoms with Crippen LogP contribution in [0.3, 0.4) is 0 Å². The molecule has 114 valence electrons. The summed E-state index contributed by atoms with van der Waals surface area (Å²) in [6, 6.07) is 4.95. The molecule has 0 bridgehead atoms. The van der Waals surface area contributed by atoms with Gasteiger partial charge in [0, 0.05) is 30.2 Å². The van der Waals surface area contributed by atoms with E-state index in [9.17, 15) is 13.2 Å². The summed E-state index contributed by atoms with van der Waals surface area (Å²) >= 11 is 11.6. The number of hydrogen-bond acceptors (Lipinski definition) is 3. The third kappa shape index (κ3) is 4.91. The lowest BCUT2D eigenvalue weighted by Crippen LogP contribution is -2.11. The molecule has 0 saturated heterocycles. The highest BCUT2D eigenvalue weighted by Crippen LogP contribution is 2.26. The first-order chi connectivity index (χ1) is 9.36. The van der Waals surface area contributed by atoms with Crippen LogP contribution in [0.4, 0.5) is 18.9 Å². The van der Waals surface area contributed by atoms with Crippen molar-refractivity contribution in [3.8, 4) is 0 Å². The molecule has 1 aromatic heterocycles. The van der Waals surface area contributed by atoms with E-state index in [0.717, 1.165) is 12.4 Å². The van der Waals surface area contributed by atoms with Crippen LogP contribution in [-0.2, 0) is 12.7 Å².